The summed E-state index contributed by atoms with van der Waals surface area (Å²) in [6, 6.07) is 14.7. The normalized spacial score (nSPS) is 14.9. The molecule has 2 aromatic heterocycles. The van der Waals surface area contributed by atoms with Gasteiger partial charge in [-0.05, 0) is 78.9 Å². The van der Waals surface area contributed by atoms with Crippen molar-refractivity contribution in [2.24, 2.45) is 4.40 Å². The third kappa shape index (κ3) is 6.62. The molecule has 0 amide bonds. The molecule has 0 aliphatic carbocycles. The zero-order valence-corrected chi connectivity index (χ0v) is 24.6. The third-order valence-electron chi connectivity index (χ3n) is 6.19. The van der Waals surface area contributed by atoms with E-state index in [1.807, 2.05) is 0 Å². The summed E-state index contributed by atoms with van der Waals surface area (Å²) in [4.78, 5) is 3.92. The maximum atomic E-state index is 13.4. The van der Waals surface area contributed by atoms with Crippen LogP contribution in [0.3, 0.4) is 0 Å². The number of benzene rings is 2. The molecule has 0 spiro atoms. The summed E-state index contributed by atoms with van der Waals surface area (Å²) in [6.07, 6.45) is -3.19. The van der Waals surface area contributed by atoms with Gasteiger partial charge < -0.3 is 4.90 Å². The number of hydrogen-bond acceptors (Lipinski definition) is 6. The molecule has 1 aliphatic heterocycles. The van der Waals surface area contributed by atoms with Crippen LogP contribution in [0, 0.1) is 0 Å². The molecule has 0 saturated carbocycles. The van der Waals surface area contributed by atoms with Crippen LogP contribution in [-0.2, 0) is 26.2 Å². The van der Waals surface area contributed by atoms with Gasteiger partial charge in [0.2, 0.25) is 5.96 Å². The molecule has 222 valence electrons. The molecule has 3 heterocycles. The molecule has 42 heavy (non-hydrogen) atoms. The minimum Gasteiger partial charge on any atom is -0.341 e. The van der Waals surface area contributed by atoms with E-state index in [2.05, 4.69) is 19.8 Å². The first kappa shape index (κ1) is 30.0. The molecular formula is C25H22ClF3N6O4S3. The summed E-state index contributed by atoms with van der Waals surface area (Å²) in [5.74, 6) is -0.226. The SMILES string of the molecule is O=S(=O)(N=C(NNS(=O)(=O)c1ccc(Cl)cc1)N1CCCC1)c1ccc(-n2nc(C(F)(F)F)cc2-c2cccs2)cc1. The Morgan fingerprint density at radius 3 is 2.19 bits per heavy atom. The number of guanidine groups is 1. The predicted octanol–water partition coefficient (Wildman–Crippen LogP) is 4.90. The summed E-state index contributed by atoms with van der Waals surface area (Å²) in [5, 5.41) is 5.77. The van der Waals surface area contributed by atoms with Crippen LogP contribution in [-0.4, -0.2) is 50.6 Å². The fourth-order valence-electron chi connectivity index (χ4n) is 4.12. The van der Waals surface area contributed by atoms with E-state index in [0.29, 0.717) is 23.0 Å². The van der Waals surface area contributed by atoms with Crippen molar-refractivity contribution in [2.75, 3.05) is 13.1 Å². The minimum atomic E-state index is -4.68. The van der Waals surface area contributed by atoms with E-state index in [1.165, 1.54) is 59.9 Å². The first-order valence-corrected chi connectivity index (χ1v) is 16.5. The van der Waals surface area contributed by atoms with Crippen molar-refractivity contribution in [1.29, 1.82) is 0 Å². The lowest BCUT2D eigenvalue weighted by atomic mass is 10.2. The number of nitrogens with one attached hydrogen (secondary N) is 2. The zero-order valence-electron chi connectivity index (χ0n) is 21.4. The molecule has 4 aromatic rings. The topological polar surface area (TPSA) is 126 Å². The molecule has 1 fully saturated rings. The Hall–Kier alpha value is -3.44. The second kappa shape index (κ2) is 11.7. The van der Waals surface area contributed by atoms with Crippen LogP contribution in [0.15, 0.2) is 86.3 Å². The van der Waals surface area contributed by atoms with Crippen LogP contribution in [0.5, 0.6) is 0 Å². The number of hydrogen-bond donors (Lipinski definition) is 2. The average Bonchev–Trinajstić information content (AvgIpc) is 3.73. The highest BCUT2D eigenvalue weighted by Crippen LogP contribution is 2.35. The average molecular weight is 659 g/mol. The van der Waals surface area contributed by atoms with Gasteiger partial charge in [0.15, 0.2) is 5.69 Å². The quantitative estimate of drug-likeness (QED) is 0.164. The van der Waals surface area contributed by atoms with Gasteiger partial charge in [-0.3, -0.25) is 5.43 Å². The van der Waals surface area contributed by atoms with Crippen LogP contribution in [0.1, 0.15) is 18.5 Å². The monoisotopic (exact) mass is 658 g/mol. The molecule has 17 heteroatoms. The van der Waals surface area contributed by atoms with Gasteiger partial charge >= 0.3 is 6.18 Å². The molecule has 0 atom stereocenters. The highest BCUT2D eigenvalue weighted by molar-refractivity contribution is 7.90. The fraction of sp³-hybridized carbons (Fsp3) is 0.200. The number of sulfonamides is 2. The molecule has 10 nitrogen and oxygen atoms in total. The van der Waals surface area contributed by atoms with Gasteiger partial charge in [-0.2, -0.15) is 26.7 Å². The van der Waals surface area contributed by atoms with Crippen LogP contribution in [0.2, 0.25) is 5.02 Å². The maximum absolute atomic E-state index is 13.4. The van der Waals surface area contributed by atoms with Gasteiger partial charge in [0.1, 0.15) is 0 Å². The number of nitrogens with zero attached hydrogens (tertiary/aromatic N) is 4. The Kier molecular flexibility index (Phi) is 8.35. The molecule has 5 rings (SSSR count). The van der Waals surface area contributed by atoms with E-state index >= 15 is 0 Å². The number of rotatable bonds is 7. The second-order valence-electron chi connectivity index (χ2n) is 9.06. The summed E-state index contributed by atoms with van der Waals surface area (Å²) in [6.45, 7) is 0.880. The Labute approximate surface area is 248 Å². The molecule has 1 aliphatic rings. The minimum absolute atomic E-state index is 0.104. The summed E-state index contributed by atoms with van der Waals surface area (Å²) in [5.41, 5.74) is 1.73. The lowest BCUT2D eigenvalue weighted by Gasteiger charge is -2.21. The Morgan fingerprint density at radius 1 is 0.952 bits per heavy atom. The van der Waals surface area contributed by atoms with Crippen LogP contribution in [0.25, 0.3) is 16.3 Å². The first-order valence-electron chi connectivity index (χ1n) is 12.3. The second-order valence-corrected chi connectivity index (χ2v) is 13.7. The molecule has 2 N–H and O–H groups in total. The lowest BCUT2D eigenvalue weighted by Crippen LogP contribution is -2.49. The van der Waals surface area contributed by atoms with Crippen LogP contribution < -0.4 is 10.3 Å². The first-order chi connectivity index (χ1) is 19.8. The van der Waals surface area contributed by atoms with Crippen molar-refractivity contribution >= 4 is 48.9 Å². The number of aromatic nitrogens is 2. The number of likely N-dealkylation sites (tertiary alicyclic amines) is 1. The highest BCUT2D eigenvalue weighted by atomic mass is 35.5. The molecule has 1 saturated heterocycles. The molecule has 0 unspecified atom stereocenters. The maximum Gasteiger partial charge on any atom is 0.435 e. The summed E-state index contributed by atoms with van der Waals surface area (Å²) >= 11 is 7.06. The Morgan fingerprint density at radius 2 is 1.60 bits per heavy atom. The van der Waals surface area contributed by atoms with Crippen molar-refractivity contribution in [2.45, 2.75) is 28.8 Å². The smallest absolute Gasteiger partial charge is 0.341 e. The third-order valence-corrected chi connectivity index (χ3v) is 9.88. The van der Waals surface area contributed by atoms with E-state index in [0.717, 1.165) is 23.6 Å². The van der Waals surface area contributed by atoms with Gasteiger partial charge in [0.25, 0.3) is 20.0 Å². The van der Waals surface area contributed by atoms with E-state index in [4.69, 9.17) is 11.6 Å². The Bertz CT molecular complexity index is 1800. The molecule has 2 aromatic carbocycles. The largest absolute Gasteiger partial charge is 0.435 e. The Balaban J connectivity index is 1.43. The lowest BCUT2D eigenvalue weighted by molar-refractivity contribution is -0.141. The number of hydrazine groups is 1. The standard InChI is InChI=1S/C25H22ClF3N6O4S3/c26-17-5-9-20(10-6-17)42(38,39)33-30-24(34-13-1-2-14-34)32-41(36,37)19-11-7-18(8-12-19)35-21(22-4-3-15-40-22)16-23(31-35)25(27,28)29/h3-12,15-16,33H,1-2,13-14H2,(H,30,32). The van der Waals surface area contributed by atoms with Crippen LogP contribution in [0.4, 0.5) is 13.2 Å². The molecule has 0 radical (unpaired) electrons. The van der Waals surface area contributed by atoms with Crippen molar-refractivity contribution in [1.82, 2.24) is 24.9 Å². The van der Waals surface area contributed by atoms with Gasteiger partial charge in [0, 0.05) is 18.1 Å². The number of thiophene rings is 1. The van der Waals surface area contributed by atoms with Gasteiger partial charge in [-0.1, -0.05) is 17.7 Å². The van der Waals surface area contributed by atoms with Gasteiger partial charge in [-0.15, -0.1) is 20.6 Å². The zero-order chi connectivity index (χ0) is 30.1. The van der Waals surface area contributed by atoms with E-state index < -0.39 is 31.9 Å². The van der Waals surface area contributed by atoms with E-state index in [-0.39, 0.29) is 27.1 Å². The number of alkyl halides is 3. The van der Waals surface area contributed by atoms with Gasteiger partial charge in [0.05, 0.1) is 26.0 Å². The fourth-order valence-corrected chi connectivity index (χ4v) is 6.78. The van der Waals surface area contributed by atoms with Crippen molar-refractivity contribution in [3.63, 3.8) is 0 Å². The molecule has 0 bridgehead atoms. The van der Waals surface area contributed by atoms with Crippen molar-refractivity contribution in [3.8, 4) is 16.3 Å². The van der Waals surface area contributed by atoms with E-state index in [9.17, 15) is 30.0 Å². The van der Waals surface area contributed by atoms with Crippen LogP contribution >= 0.6 is 22.9 Å². The predicted molar refractivity (Wildman–Crippen MR) is 152 cm³/mol. The molecular weight excluding hydrogens is 637 g/mol. The highest BCUT2D eigenvalue weighted by Gasteiger charge is 2.35. The van der Waals surface area contributed by atoms with Crippen molar-refractivity contribution < 1.29 is 30.0 Å². The van der Waals surface area contributed by atoms with Gasteiger partial charge in [-0.25, -0.2) is 13.1 Å². The van der Waals surface area contributed by atoms with E-state index in [1.54, 1.807) is 22.4 Å². The summed E-state index contributed by atoms with van der Waals surface area (Å²) < 4.78 is 97.2. The summed E-state index contributed by atoms with van der Waals surface area (Å²) in [7, 11) is -8.48. The van der Waals surface area contributed by atoms with Crippen molar-refractivity contribution in [3.05, 3.63) is 82.8 Å². The number of halogens is 4.